The van der Waals surface area contributed by atoms with E-state index in [4.69, 9.17) is 4.74 Å². The molecule has 5 nitrogen and oxygen atoms in total. The van der Waals surface area contributed by atoms with E-state index in [9.17, 15) is 9.59 Å². The number of amides is 2. The predicted molar refractivity (Wildman–Crippen MR) is 101 cm³/mol. The molecular weight excluding hydrogens is 328 g/mol. The third-order valence-electron chi connectivity index (χ3n) is 5.52. The van der Waals surface area contributed by atoms with E-state index >= 15 is 0 Å². The average molecular weight is 358 g/mol. The number of piperidine rings is 1. The van der Waals surface area contributed by atoms with Crippen LogP contribution >= 0.6 is 0 Å². The van der Waals surface area contributed by atoms with E-state index < -0.39 is 0 Å². The van der Waals surface area contributed by atoms with Gasteiger partial charge in [-0.1, -0.05) is 19.3 Å². The summed E-state index contributed by atoms with van der Waals surface area (Å²) in [6.45, 7) is 4.06. The summed E-state index contributed by atoms with van der Waals surface area (Å²) >= 11 is 0. The Balaban J connectivity index is 1.45. The number of likely N-dealkylation sites (tertiary alicyclic amines) is 1. The maximum absolute atomic E-state index is 12.6. The summed E-state index contributed by atoms with van der Waals surface area (Å²) < 4.78 is 5.41. The highest BCUT2D eigenvalue weighted by Gasteiger charge is 2.29. The second-order valence-corrected chi connectivity index (χ2v) is 7.37. The zero-order valence-electron chi connectivity index (χ0n) is 15.7. The summed E-state index contributed by atoms with van der Waals surface area (Å²) in [5.74, 6) is 1.29. The molecule has 0 spiro atoms. The number of hydrogen-bond donors (Lipinski definition) is 1. The van der Waals surface area contributed by atoms with Crippen LogP contribution in [0.2, 0.25) is 0 Å². The molecule has 0 atom stereocenters. The number of benzene rings is 1. The first-order valence-electron chi connectivity index (χ1n) is 10.00. The van der Waals surface area contributed by atoms with Gasteiger partial charge in [0.05, 0.1) is 6.61 Å². The molecule has 2 fully saturated rings. The van der Waals surface area contributed by atoms with E-state index in [2.05, 4.69) is 5.32 Å². The van der Waals surface area contributed by atoms with Crippen molar-refractivity contribution in [1.82, 2.24) is 10.2 Å². The van der Waals surface area contributed by atoms with E-state index in [1.807, 2.05) is 24.0 Å². The van der Waals surface area contributed by atoms with Gasteiger partial charge in [-0.05, 0) is 56.9 Å². The smallest absolute Gasteiger partial charge is 0.251 e. The predicted octanol–water partition coefficient (Wildman–Crippen LogP) is 3.39. The number of ether oxygens (including phenoxy) is 1. The number of carbonyl (C=O) groups excluding carboxylic acids is 2. The highest BCUT2D eigenvalue weighted by Crippen LogP contribution is 2.26. The molecule has 26 heavy (non-hydrogen) atoms. The zero-order chi connectivity index (χ0) is 18.4. The van der Waals surface area contributed by atoms with Gasteiger partial charge in [0.15, 0.2) is 0 Å². The molecule has 1 aromatic carbocycles. The quantitative estimate of drug-likeness (QED) is 0.878. The van der Waals surface area contributed by atoms with Gasteiger partial charge in [-0.3, -0.25) is 9.59 Å². The topological polar surface area (TPSA) is 58.6 Å². The Hall–Kier alpha value is -2.04. The van der Waals surface area contributed by atoms with Gasteiger partial charge in [0.1, 0.15) is 5.75 Å². The van der Waals surface area contributed by atoms with Gasteiger partial charge in [0.2, 0.25) is 5.91 Å². The molecule has 2 amide bonds. The largest absolute Gasteiger partial charge is 0.494 e. The SMILES string of the molecule is CCOc1ccc(C(=O)NC2CCN(C(=O)C3CCCCC3)CC2)cc1. The van der Waals surface area contributed by atoms with Gasteiger partial charge in [0, 0.05) is 30.6 Å². The maximum atomic E-state index is 12.6. The molecule has 1 aromatic rings. The van der Waals surface area contributed by atoms with Gasteiger partial charge in [-0.25, -0.2) is 0 Å². The number of nitrogens with one attached hydrogen (secondary N) is 1. The van der Waals surface area contributed by atoms with Crippen molar-refractivity contribution in [2.24, 2.45) is 5.92 Å². The van der Waals surface area contributed by atoms with E-state index in [1.165, 1.54) is 19.3 Å². The molecule has 1 aliphatic heterocycles. The van der Waals surface area contributed by atoms with Crippen LogP contribution in [-0.2, 0) is 4.79 Å². The average Bonchev–Trinajstić information content (AvgIpc) is 2.69. The summed E-state index contributed by atoms with van der Waals surface area (Å²) in [5, 5.41) is 3.11. The maximum Gasteiger partial charge on any atom is 0.251 e. The first-order valence-corrected chi connectivity index (χ1v) is 10.00. The molecular formula is C21H30N2O3. The Kier molecular flexibility index (Phi) is 6.53. The minimum atomic E-state index is -0.0508. The normalized spacial score (nSPS) is 19.2. The van der Waals surface area contributed by atoms with E-state index in [-0.39, 0.29) is 17.9 Å². The lowest BCUT2D eigenvalue weighted by Crippen LogP contribution is -2.48. The Morgan fingerprint density at radius 2 is 1.69 bits per heavy atom. The standard InChI is InChI=1S/C21H30N2O3/c1-2-26-19-10-8-16(9-11-19)20(24)22-18-12-14-23(15-13-18)21(25)17-6-4-3-5-7-17/h8-11,17-18H,2-7,12-15H2,1H3,(H,22,24). The van der Waals surface area contributed by atoms with Crippen molar-refractivity contribution >= 4 is 11.8 Å². The summed E-state index contributed by atoms with van der Waals surface area (Å²) in [7, 11) is 0. The molecule has 1 saturated heterocycles. The number of nitrogens with zero attached hydrogens (tertiary/aromatic N) is 1. The van der Waals surface area contributed by atoms with Gasteiger partial charge in [-0.2, -0.15) is 0 Å². The fraction of sp³-hybridized carbons (Fsp3) is 0.619. The Morgan fingerprint density at radius 1 is 1.04 bits per heavy atom. The van der Waals surface area contributed by atoms with Gasteiger partial charge < -0.3 is 15.0 Å². The van der Waals surface area contributed by atoms with Crippen LogP contribution in [0, 0.1) is 5.92 Å². The van der Waals surface area contributed by atoms with Crippen LogP contribution in [0.25, 0.3) is 0 Å². The molecule has 5 heteroatoms. The molecule has 3 rings (SSSR count). The Bertz CT molecular complexity index is 600. The fourth-order valence-corrected chi connectivity index (χ4v) is 3.99. The molecule has 0 aromatic heterocycles. The molecule has 0 radical (unpaired) electrons. The van der Waals surface area contributed by atoms with Crippen LogP contribution in [0.3, 0.4) is 0 Å². The molecule has 0 bridgehead atoms. The fourth-order valence-electron chi connectivity index (χ4n) is 3.99. The minimum Gasteiger partial charge on any atom is -0.494 e. The van der Waals surface area contributed by atoms with Gasteiger partial charge in [-0.15, -0.1) is 0 Å². The molecule has 1 saturated carbocycles. The number of hydrogen-bond acceptors (Lipinski definition) is 3. The van der Waals surface area contributed by atoms with Crippen molar-refractivity contribution in [3.8, 4) is 5.75 Å². The lowest BCUT2D eigenvalue weighted by atomic mass is 9.87. The van der Waals surface area contributed by atoms with Crippen LogP contribution in [0.1, 0.15) is 62.2 Å². The molecule has 1 aliphatic carbocycles. The van der Waals surface area contributed by atoms with E-state index in [1.54, 1.807) is 12.1 Å². The summed E-state index contributed by atoms with van der Waals surface area (Å²) in [4.78, 5) is 27.0. The molecule has 2 aliphatic rings. The van der Waals surface area contributed by atoms with Gasteiger partial charge >= 0.3 is 0 Å². The highest BCUT2D eigenvalue weighted by molar-refractivity contribution is 5.94. The van der Waals surface area contributed by atoms with Crippen LogP contribution < -0.4 is 10.1 Å². The minimum absolute atomic E-state index is 0.0508. The summed E-state index contributed by atoms with van der Waals surface area (Å²) in [6.07, 6.45) is 7.41. The Labute approximate surface area is 156 Å². The summed E-state index contributed by atoms with van der Waals surface area (Å²) in [6, 6.07) is 7.38. The highest BCUT2D eigenvalue weighted by atomic mass is 16.5. The first-order chi connectivity index (χ1) is 12.7. The zero-order valence-corrected chi connectivity index (χ0v) is 15.7. The van der Waals surface area contributed by atoms with Crippen LogP contribution in [0.15, 0.2) is 24.3 Å². The van der Waals surface area contributed by atoms with E-state index in [0.717, 1.165) is 44.5 Å². The lowest BCUT2D eigenvalue weighted by Gasteiger charge is -2.35. The first kappa shape index (κ1) is 18.7. The van der Waals surface area contributed by atoms with Crippen molar-refractivity contribution in [3.63, 3.8) is 0 Å². The molecule has 1 N–H and O–H groups in total. The van der Waals surface area contributed by atoms with E-state index in [0.29, 0.717) is 18.1 Å². The second kappa shape index (κ2) is 9.06. The Morgan fingerprint density at radius 3 is 2.31 bits per heavy atom. The van der Waals surface area contributed by atoms with Crippen molar-refractivity contribution in [2.75, 3.05) is 19.7 Å². The van der Waals surface area contributed by atoms with Crippen LogP contribution in [0.5, 0.6) is 5.75 Å². The van der Waals surface area contributed by atoms with Crippen LogP contribution in [-0.4, -0.2) is 42.5 Å². The van der Waals surface area contributed by atoms with Crippen molar-refractivity contribution in [2.45, 2.75) is 57.9 Å². The number of rotatable bonds is 5. The second-order valence-electron chi connectivity index (χ2n) is 7.37. The third kappa shape index (κ3) is 4.77. The molecule has 142 valence electrons. The third-order valence-corrected chi connectivity index (χ3v) is 5.52. The monoisotopic (exact) mass is 358 g/mol. The molecule has 0 unspecified atom stereocenters. The van der Waals surface area contributed by atoms with Crippen LogP contribution in [0.4, 0.5) is 0 Å². The molecule has 1 heterocycles. The summed E-state index contributed by atoms with van der Waals surface area (Å²) in [5.41, 5.74) is 0.647. The van der Waals surface area contributed by atoms with Crippen molar-refractivity contribution in [3.05, 3.63) is 29.8 Å². The van der Waals surface area contributed by atoms with Crippen molar-refractivity contribution in [1.29, 1.82) is 0 Å². The lowest BCUT2D eigenvalue weighted by molar-refractivity contribution is -0.137. The number of carbonyl (C=O) groups is 2. The van der Waals surface area contributed by atoms with Crippen molar-refractivity contribution < 1.29 is 14.3 Å². The van der Waals surface area contributed by atoms with Gasteiger partial charge in [0.25, 0.3) is 5.91 Å².